The van der Waals surface area contributed by atoms with Crippen molar-refractivity contribution < 1.29 is 4.42 Å². The standard InChI is InChI=1S/C15H19Cl2NOS/c1-5-6-18-14(11-7-12(16)20-15(11)17)13-8(2)9(3)19-10(13)4/h7,14,18H,5-6H2,1-4H3. The van der Waals surface area contributed by atoms with Crippen LogP contribution in [0.25, 0.3) is 0 Å². The Bertz CT molecular complexity index is 603. The minimum Gasteiger partial charge on any atom is -0.466 e. The van der Waals surface area contributed by atoms with Gasteiger partial charge in [0.25, 0.3) is 0 Å². The molecule has 0 aliphatic carbocycles. The van der Waals surface area contributed by atoms with Crippen LogP contribution >= 0.6 is 34.5 Å². The predicted molar refractivity (Wildman–Crippen MR) is 87.4 cm³/mol. The van der Waals surface area contributed by atoms with Crippen LogP contribution < -0.4 is 5.32 Å². The summed E-state index contributed by atoms with van der Waals surface area (Å²) in [6, 6.07) is 1.98. The molecular formula is C15H19Cl2NOS. The maximum atomic E-state index is 6.34. The van der Waals surface area contributed by atoms with E-state index in [0.29, 0.717) is 4.34 Å². The Hall–Kier alpha value is -0.480. The second kappa shape index (κ2) is 6.52. The highest BCUT2D eigenvalue weighted by atomic mass is 35.5. The zero-order chi connectivity index (χ0) is 14.9. The molecule has 20 heavy (non-hydrogen) atoms. The van der Waals surface area contributed by atoms with Crippen molar-refractivity contribution in [2.45, 2.75) is 40.2 Å². The van der Waals surface area contributed by atoms with Crippen molar-refractivity contribution in [2.24, 2.45) is 0 Å². The molecule has 0 amide bonds. The average Bonchev–Trinajstić information content (AvgIpc) is 2.83. The summed E-state index contributed by atoms with van der Waals surface area (Å²) in [6.45, 7) is 9.14. The molecule has 0 fully saturated rings. The highest BCUT2D eigenvalue weighted by molar-refractivity contribution is 7.20. The highest BCUT2D eigenvalue weighted by Gasteiger charge is 2.25. The van der Waals surface area contributed by atoms with E-state index >= 15 is 0 Å². The van der Waals surface area contributed by atoms with Gasteiger partial charge in [0.2, 0.25) is 0 Å². The summed E-state index contributed by atoms with van der Waals surface area (Å²) < 4.78 is 7.21. The molecule has 1 unspecified atom stereocenters. The normalized spacial score (nSPS) is 12.9. The van der Waals surface area contributed by atoms with E-state index in [2.05, 4.69) is 19.2 Å². The zero-order valence-electron chi connectivity index (χ0n) is 12.1. The molecule has 0 aromatic carbocycles. The molecular weight excluding hydrogens is 313 g/mol. The highest BCUT2D eigenvalue weighted by Crippen LogP contribution is 2.40. The van der Waals surface area contributed by atoms with Crippen LogP contribution in [0.5, 0.6) is 0 Å². The molecule has 2 rings (SSSR count). The number of aryl methyl sites for hydroxylation is 2. The van der Waals surface area contributed by atoms with Gasteiger partial charge in [-0.25, -0.2) is 0 Å². The first-order valence-corrected chi connectivity index (χ1v) is 8.27. The lowest BCUT2D eigenvalue weighted by atomic mass is 9.97. The third kappa shape index (κ3) is 3.06. The fourth-order valence-electron chi connectivity index (χ4n) is 2.44. The quantitative estimate of drug-likeness (QED) is 0.764. The third-order valence-corrected chi connectivity index (χ3v) is 5.02. The molecule has 1 atom stereocenters. The van der Waals surface area contributed by atoms with Crippen LogP contribution in [-0.2, 0) is 0 Å². The summed E-state index contributed by atoms with van der Waals surface area (Å²) in [7, 11) is 0. The number of nitrogens with one attached hydrogen (secondary N) is 1. The van der Waals surface area contributed by atoms with Crippen molar-refractivity contribution >= 4 is 34.5 Å². The number of halogens is 2. The van der Waals surface area contributed by atoms with E-state index in [1.165, 1.54) is 22.5 Å². The van der Waals surface area contributed by atoms with Gasteiger partial charge in [-0.15, -0.1) is 11.3 Å². The molecule has 110 valence electrons. The molecule has 5 heteroatoms. The number of hydrogen-bond acceptors (Lipinski definition) is 3. The SMILES string of the molecule is CCCNC(c1cc(Cl)sc1Cl)c1c(C)oc(C)c1C. The smallest absolute Gasteiger partial charge is 0.106 e. The molecule has 2 aromatic rings. The topological polar surface area (TPSA) is 25.2 Å². The number of furan rings is 1. The molecule has 2 aromatic heterocycles. The Morgan fingerprint density at radius 3 is 2.40 bits per heavy atom. The van der Waals surface area contributed by atoms with Crippen molar-refractivity contribution in [1.82, 2.24) is 5.32 Å². The molecule has 2 nitrogen and oxygen atoms in total. The molecule has 0 bridgehead atoms. The molecule has 0 saturated heterocycles. The summed E-state index contributed by atoms with van der Waals surface area (Å²) in [6.07, 6.45) is 1.06. The summed E-state index contributed by atoms with van der Waals surface area (Å²) in [5.74, 6) is 1.89. The van der Waals surface area contributed by atoms with Gasteiger partial charge in [-0.3, -0.25) is 0 Å². The van der Waals surface area contributed by atoms with Crippen LogP contribution in [0, 0.1) is 20.8 Å². The molecule has 0 radical (unpaired) electrons. The largest absolute Gasteiger partial charge is 0.466 e. The first-order chi connectivity index (χ1) is 9.45. The minimum atomic E-state index is 0.0312. The Morgan fingerprint density at radius 1 is 1.25 bits per heavy atom. The van der Waals surface area contributed by atoms with Crippen LogP contribution in [0.4, 0.5) is 0 Å². The molecule has 0 aliphatic heterocycles. The van der Waals surface area contributed by atoms with Gasteiger partial charge in [-0.05, 0) is 45.4 Å². The lowest BCUT2D eigenvalue weighted by Crippen LogP contribution is -2.24. The van der Waals surface area contributed by atoms with E-state index in [-0.39, 0.29) is 6.04 Å². The van der Waals surface area contributed by atoms with Crippen molar-refractivity contribution in [3.63, 3.8) is 0 Å². The van der Waals surface area contributed by atoms with Crippen molar-refractivity contribution in [1.29, 1.82) is 0 Å². The van der Waals surface area contributed by atoms with Gasteiger partial charge in [0, 0.05) is 11.1 Å². The first-order valence-electron chi connectivity index (χ1n) is 6.70. The maximum Gasteiger partial charge on any atom is 0.106 e. The molecule has 0 spiro atoms. The predicted octanol–water partition coefficient (Wildman–Crippen LogP) is 5.66. The summed E-state index contributed by atoms with van der Waals surface area (Å²) in [5, 5.41) is 3.55. The lowest BCUT2D eigenvalue weighted by Gasteiger charge is -2.19. The molecule has 0 saturated carbocycles. The summed E-state index contributed by atoms with van der Waals surface area (Å²) in [4.78, 5) is 0. The van der Waals surface area contributed by atoms with E-state index in [0.717, 1.165) is 34.4 Å². The average molecular weight is 332 g/mol. The van der Waals surface area contributed by atoms with Crippen molar-refractivity contribution in [3.05, 3.63) is 42.9 Å². The molecule has 1 N–H and O–H groups in total. The summed E-state index contributed by atoms with van der Waals surface area (Å²) >= 11 is 13.8. The maximum absolute atomic E-state index is 6.34. The second-order valence-electron chi connectivity index (χ2n) is 4.92. The van der Waals surface area contributed by atoms with Gasteiger partial charge in [0.15, 0.2) is 0 Å². The van der Waals surface area contributed by atoms with Crippen LogP contribution in [0.15, 0.2) is 10.5 Å². The second-order valence-corrected chi connectivity index (χ2v) is 7.21. The van der Waals surface area contributed by atoms with Crippen molar-refractivity contribution in [2.75, 3.05) is 6.54 Å². The monoisotopic (exact) mass is 331 g/mol. The van der Waals surface area contributed by atoms with E-state index in [1.807, 2.05) is 19.9 Å². The first kappa shape index (κ1) is 15.9. The minimum absolute atomic E-state index is 0.0312. The van der Waals surface area contributed by atoms with Crippen LogP contribution in [-0.4, -0.2) is 6.54 Å². The van der Waals surface area contributed by atoms with E-state index in [4.69, 9.17) is 27.6 Å². The summed E-state index contributed by atoms with van der Waals surface area (Å²) in [5.41, 5.74) is 3.38. The Labute approximate surface area is 134 Å². The van der Waals surface area contributed by atoms with Crippen LogP contribution in [0.3, 0.4) is 0 Å². The van der Waals surface area contributed by atoms with E-state index < -0.39 is 0 Å². The zero-order valence-corrected chi connectivity index (χ0v) is 14.5. The number of thiophene rings is 1. The van der Waals surface area contributed by atoms with E-state index in [9.17, 15) is 0 Å². The van der Waals surface area contributed by atoms with Gasteiger partial charge < -0.3 is 9.73 Å². The fraction of sp³-hybridized carbons (Fsp3) is 0.467. The Morgan fingerprint density at radius 2 is 1.95 bits per heavy atom. The van der Waals surface area contributed by atoms with Gasteiger partial charge in [-0.2, -0.15) is 0 Å². The van der Waals surface area contributed by atoms with Gasteiger partial charge in [0.05, 0.1) is 14.7 Å². The fourth-order valence-corrected chi connectivity index (χ4v) is 3.97. The van der Waals surface area contributed by atoms with Gasteiger partial charge >= 0.3 is 0 Å². The Balaban J connectivity index is 2.50. The van der Waals surface area contributed by atoms with Crippen LogP contribution in [0.2, 0.25) is 8.67 Å². The third-order valence-electron chi connectivity index (χ3n) is 3.50. The van der Waals surface area contributed by atoms with Gasteiger partial charge in [-0.1, -0.05) is 30.1 Å². The number of hydrogen-bond donors (Lipinski definition) is 1. The Kier molecular flexibility index (Phi) is 5.19. The van der Waals surface area contributed by atoms with Crippen LogP contribution in [0.1, 0.15) is 47.6 Å². The van der Waals surface area contributed by atoms with Gasteiger partial charge in [0.1, 0.15) is 11.5 Å². The van der Waals surface area contributed by atoms with E-state index in [1.54, 1.807) is 0 Å². The van der Waals surface area contributed by atoms with Crippen molar-refractivity contribution in [3.8, 4) is 0 Å². The molecule has 0 aliphatic rings. The molecule has 2 heterocycles. The number of rotatable bonds is 5. The lowest BCUT2D eigenvalue weighted by molar-refractivity contribution is 0.493.